The Morgan fingerprint density at radius 3 is 2.53 bits per heavy atom. The summed E-state index contributed by atoms with van der Waals surface area (Å²) in [4.78, 5) is 2.14. The van der Waals surface area contributed by atoms with Gasteiger partial charge < -0.3 is 20.7 Å². The van der Waals surface area contributed by atoms with Crippen molar-refractivity contribution in [2.45, 2.75) is 13.8 Å². The fourth-order valence-electron chi connectivity index (χ4n) is 2.12. The molecule has 0 spiro atoms. The van der Waals surface area contributed by atoms with Crippen molar-refractivity contribution in [2.75, 3.05) is 45.3 Å². The first-order valence-electron chi connectivity index (χ1n) is 6.27. The van der Waals surface area contributed by atoms with E-state index in [1.807, 2.05) is 14.1 Å². The van der Waals surface area contributed by atoms with Crippen LogP contribution in [-0.4, -0.2) is 39.2 Å². The topological polar surface area (TPSA) is 50.5 Å². The second-order valence-electron chi connectivity index (χ2n) is 5.83. The average Bonchev–Trinajstić information content (AvgIpc) is 2.26. The number of nitrogen functional groups attached to an aromatic ring is 1. The van der Waals surface area contributed by atoms with Crippen molar-refractivity contribution in [2.24, 2.45) is 5.41 Å². The fourth-order valence-corrected chi connectivity index (χ4v) is 2.12. The summed E-state index contributed by atoms with van der Waals surface area (Å²) >= 11 is 0. The number of methoxy groups -OCH3 is 1. The Bertz CT molecular complexity index is 433. The molecule has 0 radical (unpaired) electrons. The van der Waals surface area contributed by atoms with Crippen LogP contribution in [-0.2, 0) is 0 Å². The van der Waals surface area contributed by atoms with Crippen molar-refractivity contribution in [3.05, 3.63) is 17.9 Å². The third kappa shape index (κ3) is 4.59. The first-order chi connectivity index (χ1) is 8.75. The minimum absolute atomic E-state index is 0.0809. The van der Waals surface area contributed by atoms with Crippen molar-refractivity contribution < 1.29 is 9.13 Å². The molecule has 0 heterocycles. The molecule has 0 unspecified atom stereocenters. The highest BCUT2D eigenvalue weighted by Crippen LogP contribution is 2.29. The second-order valence-corrected chi connectivity index (χ2v) is 5.83. The first kappa shape index (κ1) is 15.6. The van der Waals surface area contributed by atoms with E-state index in [1.54, 1.807) is 6.07 Å². The van der Waals surface area contributed by atoms with E-state index in [9.17, 15) is 4.39 Å². The molecular weight excluding hydrogens is 245 g/mol. The number of ether oxygens (including phenoxy) is 1. The molecule has 0 aromatic heterocycles. The monoisotopic (exact) mass is 269 g/mol. The molecule has 0 atom stereocenters. The molecule has 19 heavy (non-hydrogen) atoms. The highest BCUT2D eigenvalue weighted by Gasteiger charge is 2.19. The minimum atomic E-state index is -0.446. The largest absolute Gasteiger partial charge is 0.494 e. The third-order valence-electron chi connectivity index (χ3n) is 2.83. The zero-order chi connectivity index (χ0) is 14.6. The van der Waals surface area contributed by atoms with Crippen molar-refractivity contribution in [3.8, 4) is 5.75 Å². The maximum absolute atomic E-state index is 13.4. The molecule has 0 saturated heterocycles. The molecule has 0 fully saturated rings. The summed E-state index contributed by atoms with van der Waals surface area (Å²) in [5, 5.41) is 3.26. The number of nitrogens with two attached hydrogens (primary N) is 1. The molecule has 1 rings (SSSR count). The van der Waals surface area contributed by atoms with Crippen LogP contribution in [0.4, 0.5) is 15.8 Å². The second kappa shape index (κ2) is 6.10. The number of rotatable bonds is 6. The van der Waals surface area contributed by atoms with Crippen LogP contribution >= 0.6 is 0 Å². The van der Waals surface area contributed by atoms with Gasteiger partial charge in [-0.15, -0.1) is 0 Å². The third-order valence-corrected chi connectivity index (χ3v) is 2.83. The highest BCUT2D eigenvalue weighted by atomic mass is 19.1. The zero-order valence-electron chi connectivity index (χ0n) is 12.4. The van der Waals surface area contributed by atoms with Gasteiger partial charge in [0.1, 0.15) is 0 Å². The Morgan fingerprint density at radius 1 is 1.37 bits per heavy atom. The van der Waals surface area contributed by atoms with Crippen molar-refractivity contribution >= 4 is 11.4 Å². The number of anilines is 2. The summed E-state index contributed by atoms with van der Waals surface area (Å²) in [6, 6.07) is 2.87. The Kier molecular flexibility index (Phi) is 5.00. The minimum Gasteiger partial charge on any atom is -0.494 e. The van der Waals surface area contributed by atoms with Gasteiger partial charge in [-0.2, -0.15) is 0 Å². The van der Waals surface area contributed by atoms with Crippen LogP contribution in [0.15, 0.2) is 12.1 Å². The summed E-state index contributed by atoms with van der Waals surface area (Å²) in [5.74, 6) is -0.250. The molecule has 1 aromatic rings. The van der Waals surface area contributed by atoms with Gasteiger partial charge in [0, 0.05) is 25.2 Å². The Balaban J connectivity index is 2.77. The van der Waals surface area contributed by atoms with E-state index in [0.29, 0.717) is 11.4 Å². The Labute approximate surface area is 114 Å². The zero-order valence-corrected chi connectivity index (χ0v) is 12.4. The maximum Gasteiger partial charge on any atom is 0.167 e. The molecule has 108 valence electrons. The van der Waals surface area contributed by atoms with Crippen molar-refractivity contribution in [1.29, 1.82) is 0 Å². The predicted octanol–water partition coefficient (Wildman–Crippen LogP) is 2.42. The molecule has 1 aromatic carbocycles. The van der Waals surface area contributed by atoms with Gasteiger partial charge in [0.15, 0.2) is 11.6 Å². The lowest BCUT2D eigenvalue weighted by Crippen LogP contribution is -2.34. The summed E-state index contributed by atoms with van der Waals surface area (Å²) in [7, 11) is 5.52. The molecule has 0 aliphatic rings. The van der Waals surface area contributed by atoms with Gasteiger partial charge in [0.05, 0.1) is 18.5 Å². The lowest BCUT2D eigenvalue weighted by atomic mass is 9.93. The molecule has 0 aliphatic carbocycles. The van der Waals surface area contributed by atoms with Crippen LogP contribution < -0.4 is 15.8 Å². The van der Waals surface area contributed by atoms with Crippen LogP contribution in [0.1, 0.15) is 13.8 Å². The molecule has 0 amide bonds. The van der Waals surface area contributed by atoms with Gasteiger partial charge in [0.25, 0.3) is 0 Å². The standard InChI is InChI=1S/C14H24FN3O/c1-14(2,9-18(3)4)8-17-12-7-13(19-5)10(15)6-11(12)16/h6-7,17H,8-9,16H2,1-5H3. The predicted molar refractivity (Wildman–Crippen MR) is 78.2 cm³/mol. The summed E-state index contributed by atoms with van der Waals surface area (Å²) in [6.07, 6.45) is 0. The van der Waals surface area contributed by atoms with Crippen LogP contribution in [0.2, 0.25) is 0 Å². The molecular formula is C14H24FN3O. The van der Waals surface area contributed by atoms with Gasteiger partial charge in [-0.3, -0.25) is 0 Å². The van der Waals surface area contributed by atoms with E-state index in [1.165, 1.54) is 13.2 Å². The molecule has 0 saturated carbocycles. The van der Waals surface area contributed by atoms with E-state index < -0.39 is 5.82 Å². The lowest BCUT2D eigenvalue weighted by molar-refractivity contribution is 0.254. The first-order valence-corrected chi connectivity index (χ1v) is 6.27. The number of halogens is 1. The van der Waals surface area contributed by atoms with Crippen LogP contribution in [0.25, 0.3) is 0 Å². The van der Waals surface area contributed by atoms with E-state index in [-0.39, 0.29) is 11.2 Å². The summed E-state index contributed by atoms with van der Waals surface area (Å²) in [5.41, 5.74) is 6.98. The quantitative estimate of drug-likeness (QED) is 0.779. The van der Waals surface area contributed by atoms with Gasteiger partial charge in [-0.05, 0) is 19.5 Å². The Morgan fingerprint density at radius 2 is 2.00 bits per heavy atom. The highest BCUT2D eigenvalue weighted by molar-refractivity contribution is 5.68. The van der Waals surface area contributed by atoms with E-state index in [4.69, 9.17) is 10.5 Å². The van der Waals surface area contributed by atoms with Crippen LogP contribution in [0.5, 0.6) is 5.75 Å². The smallest absolute Gasteiger partial charge is 0.167 e. The number of hydrogen-bond donors (Lipinski definition) is 2. The van der Waals surface area contributed by atoms with E-state index in [2.05, 4.69) is 24.1 Å². The van der Waals surface area contributed by atoms with Gasteiger partial charge in [-0.1, -0.05) is 13.8 Å². The maximum atomic E-state index is 13.4. The summed E-state index contributed by atoms with van der Waals surface area (Å²) < 4.78 is 18.4. The van der Waals surface area contributed by atoms with Crippen LogP contribution in [0, 0.1) is 11.2 Å². The fraction of sp³-hybridized carbons (Fsp3) is 0.571. The van der Waals surface area contributed by atoms with Gasteiger partial charge >= 0.3 is 0 Å². The molecule has 0 bridgehead atoms. The molecule has 4 nitrogen and oxygen atoms in total. The van der Waals surface area contributed by atoms with Crippen molar-refractivity contribution in [3.63, 3.8) is 0 Å². The number of hydrogen-bond acceptors (Lipinski definition) is 4. The van der Waals surface area contributed by atoms with Crippen LogP contribution in [0.3, 0.4) is 0 Å². The average molecular weight is 269 g/mol. The van der Waals surface area contributed by atoms with Gasteiger partial charge in [0.2, 0.25) is 0 Å². The Hall–Kier alpha value is -1.49. The normalized spacial score (nSPS) is 11.7. The number of benzene rings is 1. The lowest BCUT2D eigenvalue weighted by Gasteiger charge is -2.29. The number of nitrogens with one attached hydrogen (secondary N) is 1. The van der Waals surface area contributed by atoms with Crippen molar-refractivity contribution in [1.82, 2.24) is 4.90 Å². The molecule has 5 heteroatoms. The van der Waals surface area contributed by atoms with E-state index >= 15 is 0 Å². The molecule has 0 aliphatic heterocycles. The summed E-state index contributed by atoms with van der Waals surface area (Å²) in [6.45, 7) is 6.01. The van der Waals surface area contributed by atoms with E-state index in [0.717, 1.165) is 13.1 Å². The molecule has 3 N–H and O–H groups in total. The number of nitrogens with zero attached hydrogens (tertiary/aromatic N) is 1. The van der Waals surface area contributed by atoms with Gasteiger partial charge in [-0.25, -0.2) is 4.39 Å². The SMILES string of the molecule is COc1cc(NCC(C)(C)CN(C)C)c(N)cc1F.